The number of hydrogen-bond acceptors (Lipinski definition) is 4. The molecular formula is C19H27N3O5. The molecule has 1 saturated carbocycles. The lowest BCUT2D eigenvalue weighted by Crippen LogP contribution is -2.33. The molecule has 1 aromatic rings. The van der Waals surface area contributed by atoms with Gasteiger partial charge in [-0.1, -0.05) is 19.3 Å². The van der Waals surface area contributed by atoms with Crippen LogP contribution in [0.5, 0.6) is 5.75 Å². The zero-order valence-corrected chi connectivity index (χ0v) is 15.8. The number of urea groups is 1. The zero-order valence-electron chi connectivity index (χ0n) is 15.8. The standard InChI is InChI=1S/C19H27N3O5/c1-22(11-10-17(23)24)19(26)20-14-8-9-16(27-2)15(12-14)21-18(25)13-6-4-3-5-7-13/h8-9,12-13H,3-7,10-11H2,1-2H3,(H,20,26)(H,21,25)(H,23,24). The van der Waals surface area contributed by atoms with Crippen molar-refractivity contribution in [1.82, 2.24) is 4.90 Å². The van der Waals surface area contributed by atoms with Gasteiger partial charge in [0.25, 0.3) is 0 Å². The molecule has 8 heteroatoms. The fourth-order valence-corrected chi connectivity index (χ4v) is 3.07. The molecule has 1 aliphatic carbocycles. The Hall–Kier alpha value is -2.77. The largest absolute Gasteiger partial charge is 0.495 e. The van der Waals surface area contributed by atoms with Crippen molar-refractivity contribution in [3.05, 3.63) is 18.2 Å². The van der Waals surface area contributed by atoms with E-state index in [9.17, 15) is 14.4 Å². The van der Waals surface area contributed by atoms with E-state index in [2.05, 4.69) is 10.6 Å². The maximum absolute atomic E-state index is 12.5. The number of hydrogen-bond donors (Lipinski definition) is 3. The van der Waals surface area contributed by atoms with Gasteiger partial charge in [0.1, 0.15) is 5.75 Å². The van der Waals surface area contributed by atoms with Crippen LogP contribution < -0.4 is 15.4 Å². The molecule has 1 aliphatic rings. The first-order valence-corrected chi connectivity index (χ1v) is 9.13. The highest BCUT2D eigenvalue weighted by molar-refractivity contribution is 5.96. The Kier molecular flexibility index (Phi) is 7.45. The normalized spacial score (nSPS) is 14.3. The predicted octanol–water partition coefficient (Wildman–Crippen LogP) is 3.15. The zero-order chi connectivity index (χ0) is 19.8. The fraction of sp³-hybridized carbons (Fsp3) is 0.526. The van der Waals surface area contributed by atoms with Crippen molar-refractivity contribution in [2.24, 2.45) is 5.92 Å². The lowest BCUT2D eigenvalue weighted by molar-refractivity contribution is -0.137. The third-order valence-corrected chi connectivity index (χ3v) is 4.69. The number of anilines is 2. The molecule has 1 aromatic carbocycles. The summed E-state index contributed by atoms with van der Waals surface area (Å²) in [6.07, 6.45) is 4.94. The highest BCUT2D eigenvalue weighted by Gasteiger charge is 2.22. The average molecular weight is 377 g/mol. The van der Waals surface area contributed by atoms with E-state index >= 15 is 0 Å². The van der Waals surface area contributed by atoms with Crippen LogP contribution in [-0.2, 0) is 9.59 Å². The molecule has 0 radical (unpaired) electrons. The molecule has 0 bridgehead atoms. The summed E-state index contributed by atoms with van der Waals surface area (Å²) in [5.74, 6) is -0.484. The minimum Gasteiger partial charge on any atom is -0.495 e. The molecule has 0 spiro atoms. The van der Waals surface area contributed by atoms with E-state index < -0.39 is 12.0 Å². The van der Waals surface area contributed by atoms with Crippen molar-refractivity contribution in [3.8, 4) is 5.75 Å². The Bertz CT molecular complexity index is 686. The number of ether oxygens (including phenoxy) is 1. The van der Waals surface area contributed by atoms with Gasteiger partial charge in [-0.25, -0.2) is 4.79 Å². The Morgan fingerprint density at radius 1 is 1.19 bits per heavy atom. The number of carboxylic acids is 1. The molecule has 0 aromatic heterocycles. The van der Waals surface area contributed by atoms with Crippen LogP contribution >= 0.6 is 0 Å². The van der Waals surface area contributed by atoms with E-state index in [-0.39, 0.29) is 24.8 Å². The van der Waals surface area contributed by atoms with Crippen molar-refractivity contribution in [3.63, 3.8) is 0 Å². The Morgan fingerprint density at radius 2 is 1.89 bits per heavy atom. The van der Waals surface area contributed by atoms with Crippen LogP contribution in [0.1, 0.15) is 38.5 Å². The van der Waals surface area contributed by atoms with Crippen LogP contribution in [-0.4, -0.2) is 48.6 Å². The number of benzene rings is 1. The predicted molar refractivity (Wildman–Crippen MR) is 102 cm³/mol. The van der Waals surface area contributed by atoms with Gasteiger partial charge in [0.2, 0.25) is 5.91 Å². The second kappa shape index (κ2) is 9.80. The van der Waals surface area contributed by atoms with Gasteiger partial charge in [-0.2, -0.15) is 0 Å². The van der Waals surface area contributed by atoms with Crippen molar-refractivity contribution < 1.29 is 24.2 Å². The van der Waals surface area contributed by atoms with E-state index in [1.165, 1.54) is 25.5 Å². The SMILES string of the molecule is COc1ccc(NC(=O)N(C)CCC(=O)O)cc1NC(=O)C1CCCCC1. The molecule has 8 nitrogen and oxygen atoms in total. The Balaban J connectivity index is 2.04. The highest BCUT2D eigenvalue weighted by Crippen LogP contribution is 2.30. The van der Waals surface area contributed by atoms with E-state index in [1.807, 2.05) is 0 Å². The van der Waals surface area contributed by atoms with Crippen LogP contribution in [0.3, 0.4) is 0 Å². The lowest BCUT2D eigenvalue weighted by Gasteiger charge is -2.22. The molecule has 27 heavy (non-hydrogen) atoms. The second-order valence-corrected chi connectivity index (χ2v) is 6.73. The lowest BCUT2D eigenvalue weighted by atomic mass is 9.88. The summed E-state index contributed by atoms with van der Waals surface area (Å²) in [6, 6.07) is 4.55. The second-order valence-electron chi connectivity index (χ2n) is 6.73. The van der Waals surface area contributed by atoms with E-state index in [0.717, 1.165) is 25.7 Å². The number of methoxy groups -OCH3 is 1. The number of carbonyl (C=O) groups excluding carboxylic acids is 2. The van der Waals surface area contributed by atoms with Crippen LogP contribution in [0.4, 0.5) is 16.2 Å². The summed E-state index contributed by atoms with van der Waals surface area (Å²) in [7, 11) is 3.04. The number of rotatable bonds is 7. The topological polar surface area (TPSA) is 108 Å². The first-order valence-electron chi connectivity index (χ1n) is 9.13. The smallest absolute Gasteiger partial charge is 0.321 e. The summed E-state index contributed by atoms with van der Waals surface area (Å²) < 4.78 is 5.30. The van der Waals surface area contributed by atoms with Gasteiger partial charge in [-0.3, -0.25) is 9.59 Å². The van der Waals surface area contributed by atoms with E-state index in [0.29, 0.717) is 17.1 Å². The quantitative estimate of drug-likeness (QED) is 0.676. The molecule has 0 unspecified atom stereocenters. The number of nitrogens with one attached hydrogen (secondary N) is 2. The summed E-state index contributed by atoms with van der Waals surface area (Å²) in [5, 5.41) is 14.3. The van der Waals surface area contributed by atoms with Crippen molar-refractivity contribution >= 4 is 29.3 Å². The summed E-state index contributed by atoms with van der Waals surface area (Å²) in [4.78, 5) is 36.6. The van der Waals surface area contributed by atoms with Crippen LogP contribution in [0, 0.1) is 5.92 Å². The van der Waals surface area contributed by atoms with Crippen molar-refractivity contribution in [2.75, 3.05) is 31.3 Å². The third-order valence-electron chi connectivity index (χ3n) is 4.69. The Morgan fingerprint density at radius 3 is 2.52 bits per heavy atom. The molecule has 0 saturated heterocycles. The number of amides is 3. The summed E-state index contributed by atoms with van der Waals surface area (Å²) >= 11 is 0. The maximum atomic E-state index is 12.5. The monoisotopic (exact) mass is 377 g/mol. The highest BCUT2D eigenvalue weighted by atomic mass is 16.5. The van der Waals surface area contributed by atoms with E-state index in [4.69, 9.17) is 9.84 Å². The van der Waals surface area contributed by atoms with Gasteiger partial charge in [0.05, 0.1) is 19.2 Å². The molecule has 2 rings (SSSR count). The molecular weight excluding hydrogens is 350 g/mol. The fourth-order valence-electron chi connectivity index (χ4n) is 3.07. The molecule has 3 N–H and O–H groups in total. The minimum absolute atomic E-state index is 0.00357. The van der Waals surface area contributed by atoms with Crippen LogP contribution in [0.25, 0.3) is 0 Å². The van der Waals surface area contributed by atoms with Crippen LogP contribution in [0.15, 0.2) is 18.2 Å². The molecule has 1 fully saturated rings. The average Bonchev–Trinajstić information content (AvgIpc) is 2.66. The molecule has 148 valence electrons. The molecule has 0 aliphatic heterocycles. The first kappa shape index (κ1) is 20.5. The maximum Gasteiger partial charge on any atom is 0.321 e. The molecule has 0 atom stereocenters. The summed E-state index contributed by atoms with van der Waals surface area (Å²) in [6.45, 7) is 0.0998. The van der Waals surface area contributed by atoms with Gasteiger partial charge in [0.15, 0.2) is 0 Å². The van der Waals surface area contributed by atoms with Crippen molar-refractivity contribution in [1.29, 1.82) is 0 Å². The number of carbonyl (C=O) groups is 3. The minimum atomic E-state index is -0.966. The number of carboxylic acid groups (broad SMARTS) is 1. The van der Waals surface area contributed by atoms with Gasteiger partial charge >= 0.3 is 12.0 Å². The number of nitrogens with zero attached hydrogens (tertiary/aromatic N) is 1. The number of aliphatic carboxylic acids is 1. The Labute approximate surface area is 158 Å². The molecule has 3 amide bonds. The van der Waals surface area contributed by atoms with Gasteiger partial charge in [0, 0.05) is 25.2 Å². The summed E-state index contributed by atoms with van der Waals surface area (Å²) in [5.41, 5.74) is 0.987. The molecule has 0 heterocycles. The first-order chi connectivity index (χ1) is 12.9. The van der Waals surface area contributed by atoms with Gasteiger partial charge in [-0.15, -0.1) is 0 Å². The van der Waals surface area contributed by atoms with Gasteiger partial charge < -0.3 is 25.4 Å². The van der Waals surface area contributed by atoms with E-state index in [1.54, 1.807) is 18.2 Å². The van der Waals surface area contributed by atoms with Crippen LogP contribution in [0.2, 0.25) is 0 Å². The van der Waals surface area contributed by atoms with Gasteiger partial charge in [-0.05, 0) is 31.0 Å². The third kappa shape index (κ3) is 6.16. The van der Waals surface area contributed by atoms with Crippen molar-refractivity contribution in [2.45, 2.75) is 38.5 Å².